The Kier molecular flexibility index (Phi) is 3.53. The van der Waals surface area contributed by atoms with Crippen molar-refractivity contribution in [3.63, 3.8) is 0 Å². The van der Waals surface area contributed by atoms with Crippen molar-refractivity contribution in [1.29, 1.82) is 0 Å². The maximum atomic E-state index is 5.35. The van der Waals surface area contributed by atoms with Gasteiger partial charge in [-0.3, -0.25) is 0 Å². The number of aromatic nitrogens is 2. The van der Waals surface area contributed by atoms with Crippen LogP contribution in [0.15, 0.2) is 24.3 Å². The highest BCUT2D eigenvalue weighted by molar-refractivity contribution is 5.65. The number of methoxy groups -OCH3 is 1. The molecule has 20 heavy (non-hydrogen) atoms. The van der Waals surface area contributed by atoms with Crippen LogP contribution in [-0.4, -0.2) is 17.1 Å². The molecule has 1 aromatic carbocycles. The second kappa shape index (κ2) is 5.33. The number of aryl methyl sites for hydroxylation is 2. The van der Waals surface area contributed by atoms with Crippen LogP contribution in [0.25, 0.3) is 11.3 Å². The number of fused-ring (bicyclic) bond motifs is 1. The number of rotatable bonds is 3. The second-order valence-electron chi connectivity index (χ2n) is 5.40. The van der Waals surface area contributed by atoms with Gasteiger partial charge in [-0.15, -0.1) is 0 Å². The Bertz CT molecular complexity index is 620. The minimum atomic E-state index is 0.127. The van der Waals surface area contributed by atoms with Crippen LogP contribution < -0.4 is 0 Å². The van der Waals surface area contributed by atoms with Crippen LogP contribution in [0.2, 0.25) is 0 Å². The first-order chi connectivity index (χ1) is 9.69. The van der Waals surface area contributed by atoms with Gasteiger partial charge in [0.05, 0.1) is 11.8 Å². The summed E-state index contributed by atoms with van der Waals surface area (Å²) in [4.78, 5) is 9.24. The third-order valence-corrected chi connectivity index (χ3v) is 4.05. The molecule has 0 aliphatic heterocycles. The summed E-state index contributed by atoms with van der Waals surface area (Å²) in [6, 6.07) is 8.54. The summed E-state index contributed by atoms with van der Waals surface area (Å²) in [5.74, 6) is 0.870. The second-order valence-corrected chi connectivity index (χ2v) is 5.40. The molecule has 1 aliphatic carbocycles. The van der Waals surface area contributed by atoms with E-state index in [0.29, 0.717) is 0 Å². The summed E-state index contributed by atoms with van der Waals surface area (Å²) in [7, 11) is 1.74. The lowest BCUT2D eigenvalue weighted by Gasteiger charge is -2.12. The topological polar surface area (TPSA) is 35.0 Å². The van der Waals surface area contributed by atoms with E-state index in [1.807, 2.05) is 6.92 Å². The van der Waals surface area contributed by atoms with Gasteiger partial charge in [0.25, 0.3) is 0 Å². The van der Waals surface area contributed by atoms with Crippen LogP contribution >= 0.6 is 0 Å². The summed E-state index contributed by atoms with van der Waals surface area (Å²) in [6.45, 7) is 4.03. The highest BCUT2D eigenvalue weighted by Crippen LogP contribution is 2.30. The average molecular weight is 268 g/mol. The molecule has 3 rings (SSSR count). The van der Waals surface area contributed by atoms with Crippen molar-refractivity contribution in [2.75, 3.05) is 7.11 Å². The number of benzene rings is 1. The summed E-state index contributed by atoms with van der Waals surface area (Å²) < 4.78 is 5.35. The molecule has 0 N–H and O–H groups in total. The van der Waals surface area contributed by atoms with Gasteiger partial charge < -0.3 is 4.74 Å². The smallest absolute Gasteiger partial charge is 0.126 e. The molecule has 1 aliphatic rings. The van der Waals surface area contributed by atoms with Gasteiger partial charge in [0.15, 0.2) is 0 Å². The Balaban J connectivity index is 2.01. The molecular weight excluding hydrogens is 248 g/mol. The standard InChI is InChI=1S/C17H20N2O/c1-11(20-3)13-7-9-14(10-8-13)17-15-5-4-6-16(15)18-12(2)19-17/h7-11H,4-6H2,1-3H3/t11-/m1/s1. The van der Waals surface area contributed by atoms with E-state index in [1.165, 1.54) is 28.8 Å². The summed E-state index contributed by atoms with van der Waals surface area (Å²) in [6.07, 6.45) is 3.51. The van der Waals surface area contributed by atoms with E-state index >= 15 is 0 Å². The van der Waals surface area contributed by atoms with Gasteiger partial charge in [-0.05, 0) is 38.7 Å². The molecule has 0 amide bonds. The van der Waals surface area contributed by atoms with Crippen LogP contribution in [-0.2, 0) is 17.6 Å². The molecule has 1 heterocycles. The molecule has 1 atom stereocenters. The van der Waals surface area contributed by atoms with Gasteiger partial charge in [-0.1, -0.05) is 24.3 Å². The monoisotopic (exact) mass is 268 g/mol. The fraction of sp³-hybridized carbons (Fsp3) is 0.412. The lowest BCUT2D eigenvalue weighted by Crippen LogP contribution is -2.00. The predicted molar refractivity (Wildman–Crippen MR) is 79.7 cm³/mol. The van der Waals surface area contributed by atoms with E-state index < -0.39 is 0 Å². The Morgan fingerprint density at radius 1 is 1.10 bits per heavy atom. The van der Waals surface area contributed by atoms with Crippen LogP contribution in [0, 0.1) is 6.92 Å². The molecule has 0 bridgehead atoms. The zero-order valence-electron chi connectivity index (χ0n) is 12.3. The van der Waals surface area contributed by atoms with Crippen molar-refractivity contribution >= 4 is 0 Å². The normalized spacial score (nSPS) is 15.2. The van der Waals surface area contributed by atoms with Crippen molar-refractivity contribution in [2.45, 2.75) is 39.2 Å². The van der Waals surface area contributed by atoms with E-state index in [2.05, 4.69) is 41.2 Å². The van der Waals surface area contributed by atoms with Crippen molar-refractivity contribution in [1.82, 2.24) is 9.97 Å². The van der Waals surface area contributed by atoms with E-state index in [4.69, 9.17) is 4.74 Å². The molecule has 104 valence electrons. The van der Waals surface area contributed by atoms with Crippen molar-refractivity contribution < 1.29 is 4.74 Å². The molecule has 0 saturated carbocycles. The highest BCUT2D eigenvalue weighted by Gasteiger charge is 2.19. The average Bonchev–Trinajstić information content (AvgIpc) is 2.94. The zero-order valence-corrected chi connectivity index (χ0v) is 12.3. The molecule has 3 heteroatoms. The Labute approximate surface area is 120 Å². The zero-order chi connectivity index (χ0) is 14.1. The molecule has 3 nitrogen and oxygen atoms in total. The Morgan fingerprint density at radius 3 is 2.55 bits per heavy atom. The van der Waals surface area contributed by atoms with Crippen molar-refractivity contribution in [2.24, 2.45) is 0 Å². The van der Waals surface area contributed by atoms with Gasteiger partial charge >= 0.3 is 0 Å². The van der Waals surface area contributed by atoms with Gasteiger partial charge in [0.2, 0.25) is 0 Å². The number of hydrogen-bond donors (Lipinski definition) is 0. The predicted octanol–water partition coefficient (Wildman–Crippen LogP) is 3.65. The lowest BCUT2D eigenvalue weighted by atomic mass is 10.0. The molecule has 0 radical (unpaired) electrons. The number of hydrogen-bond acceptors (Lipinski definition) is 3. The molecule has 2 aromatic rings. The van der Waals surface area contributed by atoms with E-state index in [-0.39, 0.29) is 6.10 Å². The summed E-state index contributed by atoms with van der Waals surface area (Å²) in [5, 5.41) is 0. The first-order valence-corrected chi connectivity index (χ1v) is 7.18. The largest absolute Gasteiger partial charge is 0.377 e. The molecule has 1 aromatic heterocycles. The minimum absolute atomic E-state index is 0.127. The molecular formula is C17H20N2O. The molecule has 0 saturated heterocycles. The van der Waals surface area contributed by atoms with Crippen LogP contribution in [0.1, 0.15) is 42.1 Å². The molecule has 0 unspecified atom stereocenters. The highest BCUT2D eigenvalue weighted by atomic mass is 16.5. The third-order valence-electron chi connectivity index (χ3n) is 4.05. The van der Waals surface area contributed by atoms with Crippen LogP contribution in [0.3, 0.4) is 0 Å². The first-order valence-electron chi connectivity index (χ1n) is 7.18. The SMILES string of the molecule is CO[C@H](C)c1ccc(-c2nc(C)nc3c2CCC3)cc1. The Hall–Kier alpha value is -1.74. The van der Waals surface area contributed by atoms with Gasteiger partial charge in [0.1, 0.15) is 5.82 Å². The Morgan fingerprint density at radius 2 is 1.85 bits per heavy atom. The van der Waals surface area contributed by atoms with E-state index in [9.17, 15) is 0 Å². The summed E-state index contributed by atoms with van der Waals surface area (Å²) in [5.41, 5.74) is 6.06. The van der Waals surface area contributed by atoms with Gasteiger partial charge in [-0.2, -0.15) is 0 Å². The van der Waals surface area contributed by atoms with Crippen LogP contribution in [0.5, 0.6) is 0 Å². The fourth-order valence-electron chi connectivity index (χ4n) is 2.84. The third kappa shape index (κ3) is 2.34. The quantitative estimate of drug-likeness (QED) is 0.852. The van der Waals surface area contributed by atoms with E-state index in [1.54, 1.807) is 7.11 Å². The molecule has 0 spiro atoms. The molecule has 0 fully saturated rings. The van der Waals surface area contributed by atoms with Gasteiger partial charge in [-0.25, -0.2) is 9.97 Å². The number of nitrogens with zero attached hydrogens (tertiary/aromatic N) is 2. The first kappa shape index (κ1) is 13.3. The maximum absolute atomic E-state index is 5.35. The minimum Gasteiger partial charge on any atom is -0.377 e. The lowest BCUT2D eigenvalue weighted by molar-refractivity contribution is 0.119. The fourth-order valence-corrected chi connectivity index (χ4v) is 2.84. The number of ether oxygens (including phenoxy) is 1. The van der Waals surface area contributed by atoms with Crippen molar-refractivity contribution in [3.8, 4) is 11.3 Å². The van der Waals surface area contributed by atoms with E-state index in [0.717, 1.165) is 24.4 Å². The van der Waals surface area contributed by atoms with Gasteiger partial charge in [0, 0.05) is 23.9 Å². The maximum Gasteiger partial charge on any atom is 0.126 e. The summed E-state index contributed by atoms with van der Waals surface area (Å²) >= 11 is 0. The van der Waals surface area contributed by atoms with Crippen LogP contribution in [0.4, 0.5) is 0 Å². The van der Waals surface area contributed by atoms with Crippen molar-refractivity contribution in [3.05, 3.63) is 46.9 Å².